The van der Waals surface area contributed by atoms with E-state index in [2.05, 4.69) is 93.7 Å². The molecule has 1 heterocycles. The summed E-state index contributed by atoms with van der Waals surface area (Å²) in [7, 11) is 0. The minimum absolute atomic E-state index is 0.964. The van der Waals surface area contributed by atoms with E-state index in [9.17, 15) is 0 Å². The molecule has 2 aromatic carbocycles. The van der Waals surface area contributed by atoms with Crippen molar-refractivity contribution in [3.8, 4) is 22.5 Å². The fourth-order valence-electron chi connectivity index (χ4n) is 2.36. The molecule has 0 saturated carbocycles. The molecule has 1 nitrogen and oxygen atoms in total. The molecule has 0 spiro atoms. The summed E-state index contributed by atoms with van der Waals surface area (Å²) in [5.74, 6) is 2.06. The van der Waals surface area contributed by atoms with Crippen LogP contribution in [-0.4, -0.2) is 4.43 Å². The van der Waals surface area contributed by atoms with Crippen LogP contribution >= 0.6 is 45.2 Å². The molecule has 0 aliphatic heterocycles. The molecular weight excluding hydrogens is 486 g/mol. The molecule has 3 aromatic rings. The average Bonchev–Trinajstić information content (AvgIpc) is 2.86. The van der Waals surface area contributed by atoms with Gasteiger partial charge in [-0.3, -0.25) is 0 Å². The summed E-state index contributed by atoms with van der Waals surface area (Å²) < 4.78 is 8.50. The van der Waals surface area contributed by atoms with E-state index in [4.69, 9.17) is 4.42 Å². The first-order chi connectivity index (χ1) is 10.3. The number of rotatable bonds is 4. The van der Waals surface area contributed by atoms with Gasteiger partial charge in [0.05, 0.1) is 3.57 Å². The molecule has 0 atom stereocenters. The fraction of sp³-hybridized carbons (Fsp3) is 0.111. The van der Waals surface area contributed by atoms with Crippen molar-refractivity contribution in [1.29, 1.82) is 0 Å². The number of alkyl halides is 1. The molecule has 0 saturated heterocycles. The molecule has 0 unspecified atom stereocenters. The van der Waals surface area contributed by atoms with E-state index in [0.29, 0.717) is 0 Å². The van der Waals surface area contributed by atoms with Crippen molar-refractivity contribution in [3.63, 3.8) is 0 Å². The summed E-state index contributed by atoms with van der Waals surface area (Å²) in [6.07, 6.45) is 0.964. The summed E-state index contributed by atoms with van der Waals surface area (Å²) in [5, 5.41) is 0. The predicted octanol–water partition coefficient (Wildman–Crippen LogP) is 6.20. The molecule has 0 N–H and O–H groups in total. The van der Waals surface area contributed by atoms with Gasteiger partial charge in [-0.25, -0.2) is 0 Å². The first-order valence-corrected chi connectivity index (χ1v) is 9.39. The standard InChI is InChI=1S/C18H14I2O/c19-12-11-15-17(20)16(13-7-3-1-4-8-13)18(21-15)14-9-5-2-6-10-14/h1-10H,11-12H2. The lowest BCUT2D eigenvalue weighted by Gasteiger charge is -2.03. The van der Waals surface area contributed by atoms with Crippen LogP contribution in [0.25, 0.3) is 22.5 Å². The van der Waals surface area contributed by atoms with Crippen LogP contribution in [0.2, 0.25) is 0 Å². The van der Waals surface area contributed by atoms with Crippen molar-refractivity contribution < 1.29 is 4.42 Å². The van der Waals surface area contributed by atoms with Gasteiger partial charge in [0, 0.05) is 22.0 Å². The van der Waals surface area contributed by atoms with E-state index in [0.717, 1.165) is 27.9 Å². The maximum atomic E-state index is 6.21. The minimum atomic E-state index is 0.964. The second-order valence-corrected chi connectivity index (χ2v) is 6.87. The Hall–Kier alpha value is -0.820. The lowest BCUT2D eigenvalue weighted by atomic mass is 10.0. The fourth-order valence-corrected chi connectivity index (χ4v) is 3.79. The first kappa shape index (κ1) is 15.1. The molecule has 0 fully saturated rings. The largest absolute Gasteiger partial charge is 0.459 e. The number of benzene rings is 2. The van der Waals surface area contributed by atoms with E-state index in [1.807, 2.05) is 12.1 Å². The van der Waals surface area contributed by atoms with Crippen LogP contribution in [0.3, 0.4) is 0 Å². The SMILES string of the molecule is ICCc1oc(-c2ccccc2)c(-c2ccccc2)c1I. The quantitative estimate of drug-likeness (QED) is 0.308. The monoisotopic (exact) mass is 500 g/mol. The van der Waals surface area contributed by atoms with Crippen LogP contribution in [0.1, 0.15) is 5.76 Å². The normalized spacial score (nSPS) is 10.8. The Morgan fingerprint density at radius 2 is 1.38 bits per heavy atom. The van der Waals surface area contributed by atoms with Gasteiger partial charge in [0.2, 0.25) is 0 Å². The Bertz CT molecular complexity index is 718. The zero-order chi connectivity index (χ0) is 14.7. The zero-order valence-electron chi connectivity index (χ0n) is 11.4. The zero-order valence-corrected chi connectivity index (χ0v) is 15.7. The molecule has 0 radical (unpaired) electrons. The van der Waals surface area contributed by atoms with E-state index < -0.39 is 0 Å². The third-order valence-corrected chi connectivity index (χ3v) is 5.02. The van der Waals surface area contributed by atoms with Gasteiger partial charge in [-0.05, 0) is 28.2 Å². The van der Waals surface area contributed by atoms with Gasteiger partial charge in [0.25, 0.3) is 0 Å². The third kappa shape index (κ3) is 3.18. The number of aryl methyl sites for hydroxylation is 1. The van der Waals surface area contributed by atoms with Crippen LogP contribution in [0, 0.1) is 3.57 Å². The van der Waals surface area contributed by atoms with Crippen molar-refractivity contribution in [1.82, 2.24) is 0 Å². The van der Waals surface area contributed by atoms with Crippen molar-refractivity contribution >= 4 is 45.2 Å². The van der Waals surface area contributed by atoms with Crippen molar-refractivity contribution in [3.05, 3.63) is 70.0 Å². The Morgan fingerprint density at radius 3 is 1.95 bits per heavy atom. The van der Waals surface area contributed by atoms with E-state index in [1.54, 1.807) is 0 Å². The van der Waals surface area contributed by atoms with Gasteiger partial charge >= 0.3 is 0 Å². The van der Waals surface area contributed by atoms with Crippen LogP contribution in [0.4, 0.5) is 0 Å². The van der Waals surface area contributed by atoms with Crippen LogP contribution in [0.15, 0.2) is 65.1 Å². The molecule has 0 bridgehead atoms. The second-order valence-electron chi connectivity index (χ2n) is 4.71. The Morgan fingerprint density at radius 1 is 0.810 bits per heavy atom. The summed E-state index contributed by atoms with van der Waals surface area (Å²) >= 11 is 4.81. The topological polar surface area (TPSA) is 13.1 Å². The van der Waals surface area contributed by atoms with Gasteiger partial charge in [-0.1, -0.05) is 83.3 Å². The van der Waals surface area contributed by atoms with Gasteiger partial charge in [0.15, 0.2) is 0 Å². The molecule has 106 valence electrons. The summed E-state index contributed by atoms with van der Waals surface area (Å²) in [5.41, 5.74) is 3.56. The van der Waals surface area contributed by atoms with Gasteiger partial charge < -0.3 is 4.42 Å². The highest BCUT2D eigenvalue weighted by Crippen LogP contribution is 2.40. The number of furan rings is 1. The molecule has 0 aliphatic rings. The first-order valence-electron chi connectivity index (χ1n) is 6.79. The van der Waals surface area contributed by atoms with E-state index in [1.165, 1.54) is 14.7 Å². The molecule has 0 amide bonds. The maximum absolute atomic E-state index is 6.21. The van der Waals surface area contributed by atoms with Crippen LogP contribution < -0.4 is 0 Å². The second kappa shape index (κ2) is 6.96. The third-order valence-electron chi connectivity index (χ3n) is 3.34. The Labute approximate surface area is 152 Å². The number of halogens is 2. The lowest BCUT2D eigenvalue weighted by molar-refractivity contribution is 0.529. The minimum Gasteiger partial charge on any atom is -0.459 e. The molecular formula is C18H14I2O. The summed E-state index contributed by atoms with van der Waals surface area (Å²) in [6, 6.07) is 20.8. The van der Waals surface area contributed by atoms with Crippen LogP contribution in [0.5, 0.6) is 0 Å². The smallest absolute Gasteiger partial charge is 0.143 e. The molecule has 21 heavy (non-hydrogen) atoms. The van der Waals surface area contributed by atoms with Gasteiger partial charge in [-0.2, -0.15) is 0 Å². The number of hydrogen-bond donors (Lipinski definition) is 0. The van der Waals surface area contributed by atoms with Gasteiger partial charge in [-0.15, -0.1) is 0 Å². The van der Waals surface area contributed by atoms with Crippen molar-refractivity contribution in [2.75, 3.05) is 4.43 Å². The lowest BCUT2D eigenvalue weighted by Crippen LogP contribution is -1.86. The van der Waals surface area contributed by atoms with Crippen molar-refractivity contribution in [2.24, 2.45) is 0 Å². The van der Waals surface area contributed by atoms with E-state index in [-0.39, 0.29) is 0 Å². The highest BCUT2D eigenvalue weighted by atomic mass is 127. The molecule has 0 aliphatic carbocycles. The maximum Gasteiger partial charge on any atom is 0.143 e. The predicted molar refractivity (Wildman–Crippen MR) is 105 cm³/mol. The Balaban J connectivity index is 2.21. The average molecular weight is 500 g/mol. The molecule has 1 aromatic heterocycles. The van der Waals surface area contributed by atoms with E-state index >= 15 is 0 Å². The summed E-state index contributed by atoms with van der Waals surface area (Å²) in [6.45, 7) is 0. The Kier molecular flexibility index (Phi) is 5.00. The van der Waals surface area contributed by atoms with Gasteiger partial charge in [0.1, 0.15) is 11.5 Å². The highest BCUT2D eigenvalue weighted by Gasteiger charge is 2.20. The van der Waals surface area contributed by atoms with Crippen LogP contribution in [-0.2, 0) is 6.42 Å². The summed E-state index contributed by atoms with van der Waals surface area (Å²) in [4.78, 5) is 0. The van der Waals surface area contributed by atoms with Crippen molar-refractivity contribution in [2.45, 2.75) is 6.42 Å². The molecule has 3 heteroatoms. The molecule has 3 rings (SSSR count). The number of hydrogen-bond acceptors (Lipinski definition) is 1. The highest BCUT2D eigenvalue weighted by molar-refractivity contribution is 14.1.